The second-order valence-corrected chi connectivity index (χ2v) is 4.39. The van der Waals surface area contributed by atoms with E-state index in [0.717, 1.165) is 16.8 Å². The number of halogens is 2. The minimum absolute atomic E-state index is 0.501. The van der Waals surface area contributed by atoms with Gasteiger partial charge in [-0.25, -0.2) is 0 Å². The highest BCUT2D eigenvalue weighted by Crippen LogP contribution is 2.30. The first-order valence-electron chi connectivity index (χ1n) is 4.75. The van der Waals surface area contributed by atoms with Crippen LogP contribution in [0.3, 0.4) is 0 Å². The molecule has 16 heavy (non-hydrogen) atoms. The van der Waals surface area contributed by atoms with E-state index in [4.69, 9.17) is 28.9 Å². The number of rotatable bonds is 1. The van der Waals surface area contributed by atoms with Gasteiger partial charge in [-0.1, -0.05) is 29.3 Å². The molecule has 4 heteroatoms. The lowest BCUT2D eigenvalue weighted by Crippen LogP contribution is -1.94. The van der Waals surface area contributed by atoms with Gasteiger partial charge in [0.25, 0.3) is 0 Å². The fourth-order valence-electron chi connectivity index (χ4n) is 1.48. The topological polar surface area (TPSA) is 38.9 Å². The van der Waals surface area contributed by atoms with Crippen molar-refractivity contribution in [3.05, 3.63) is 46.1 Å². The molecule has 0 saturated carbocycles. The molecule has 0 unspecified atom stereocenters. The molecule has 0 amide bonds. The Morgan fingerprint density at radius 2 is 1.88 bits per heavy atom. The third-order valence-electron chi connectivity index (χ3n) is 2.25. The van der Waals surface area contributed by atoms with Gasteiger partial charge in [0.05, 0.1) is 21.4 Å². The van der Waals surface area contributed by atoms with Crippen LogP contribution in [0, 0.1) is 6.92 Å². The van der Waals surface area contributed by atoms with Gasteiger partial charge < -0.3 is 5.73 Å². The Hall–Kier alpha value is -1.25. The van der Waals surface area contributed by atoms with Gasteiger partial charge in [-0.15, -0.1) is 0 Å². The Labute approximate surface area is 104 Å². The molecule has 0 aliphatic rings. The van der Waals surface area contributed by atoms with E-state index in [9.17, 15) is 0 Å². The predicted octanol–water partition coefficient (Wildman–Crippen LogP) is 3.95. The fraction of sp³-hybridized carbons (Fsp3) is 0.0833. The van der Waals surface area contributed by atoms with Crippen molar-refractivity contribution < 1.29 is 0 Å². The number of nitrogen functional groups attached to an aromatic ring is 1. The van der Waals surface area contributed by atoms with Crippen molar-refractivity contribution in [3.63, 3.8) is 0 Å². The summed E-state index contributed by atoms with van der Waals surface area (Å²) in [6, 6.07) is 7.23. The predicted molar refractivity (Wildman–Crippen MR) is 68.8 cm³/mol. The third kappa shape index (κ3) is 2.13. The number of benzene rings is 1. The van der Waals surface area contributed by atoms with Crippen LogP contribution >= 0.6 is 23.2 Å². The lowest BCUT2D eigenvalue weighted by molar-refractivity contribution is 1.27. The van der Waals surface area contributed by atoms with Crippen molar-refractivity contribution in [2.45, 2.75) is 6.92 Å². The van der Waals surface area contributed by atoms with Crippen LogP contribution in [-0.4, -0.2) is 4.98 Å². The largest absolute Gasteiger partial charge is 0.397 e. The van der Waals surface area contributed by atoms with Crippen molar-refractivity contribution >= 4 is 28.9 Å². The van der Waals surface area contributed by atoms with Crippen molar-refractivity contribution in [2.75, 3.05) is 5.73 Å². The van der Waals surface area contributed by atoms with Crippen LogP contribution in [0.5, 0.6) is 0 Å². The molecule has 1 heterocycles. The molecule has 0 saturated heterocycles. The molecular formula is C12H10Cl2N2. The Morgan fingerprint density at radius 1 is 1.12 bits per heavy atom. The lowest BCUT2D eigenvalue weighted by atomic mass is 10.1. The molecule has 2 rings (SSSR count). The number of aryl methyl sites for hydroxylation is 1. The average molecular weight is 253 g/mol. The SMILES string of the molecule is Cc1cnc(-c2ccc(Cl)c(Cl)c2)c(N)c1. The van der Waals surface area contributed by atoms with Crippen LogP contribution in [0.25, 0.3) is 11.3 Å². The summed E-state index contributed by atoms with van der Waals surface area (Å²) in [4.78, 5) is 4.29. The maximum absolute atomic E-state index is 5.95. The third-order valence-corrected chi connectivity index (χ3v) is 2.99. The molecule has 0 aliphatic heterocycles. The smallest absolute Gasteiger partial charge is 0.0931 e. The molecule has 0 radical (unpaired) electrons. The highest BCUT2D eigenvalue weighted by molar-refractivity contribution is 6.42. The van der Waals surface area contributed by atoms with Gasteiger partial charge in [-0.3, -0.25) is 4.98 Å². The molecule has 1 aromatic heterocycles. The second-order valence-electron chi connectivity index (χ2n) is 3.58. The molecule has 0 aliphatic carbocycles. The van der Waals surface area contributed by atoms with Crippen LogP contribution in [0.15, 0.2) is 30.5 Å². The van der Waals surface area contributed by atoms with Crippen molar-refractivity contribution in [1.82, 2.24) is 4.98 Å². The van der Waals surface area contributed by atoms with Crippen LogP contribution in [0.4, 0.5) is 5.69 Å². The van der Waals surface area contributed by atoms with Crippen molar-refractivity contribution in [3.8, 4) is 11.3 Å². The van der Waals surface area contributed by atoms with Crippen LogP contribution < -0.4 is 5.73 Å². The molecule has 0 spiro atoms. The number of anilines is 1. The Bertz CT molecular complexity index is 539. The Kier molecular flexibility index (Phi) is 3.03. The van der Waals surface area contributed by atoms with Gasteiger partial charge in [0.2, 0.25) is 0 Å². The van der Waals surface area contributed by atoms with Gasteiger partial charge in [0.1, 0.15) is 0 Å². The molecule has 0 atom stereocenters. The monoisotopic (exact) mass is 252 g/mol. The zero-order valence-electron chi connectivity index (χ0n) is 8.67. The zero-order chi connectivity index (χ0) is 11.7. The van der Waals surface area contributed by atoms with Crippen molar-refractivity contribution in [1.29, 1.82) is 0 Å². The quantitative estimate of drug-likeness (QED) is 0.835. The van der Waals surface area contributed by atoms with E-state index < -0.39 is 0 Å². The summed E-state index contributed by atoms with van der Waals surface area (Å²) in [7, 11) is 0. The summed E-state index contributed by atoms with van der Waals surface area (Å²) in [6.07, 6.45) is 1.77. The molecule has 1 aromatic carbocycles. The van der Waals surface area contributed by atoms with Crippen LogP contribution in [0.1, 0.15) is 5.56 Å². The highest BCUT2D eigenvalue weighted by atomic mass is 35.5. The number of pyridine rings is 1. The lowest BCUT2D eigenvalue weighted by Gasteiger charge is -2.06. The van der Waals surface area contributed by atoms with Gasteiger partial charge in [-0.2, -0.15) is 0 Å². The number of hydrogen-bond donors (Lipinski definition) is 1. The van der Waals surface area contributed by atoms with Gasteiger partial charge >= 0.3 is 0 Å². The van der Waals surface area contributed by atoms with E-state index in [1.807, 2.05) is 19.1 Å². The summed E-state index contributed by atoms with van der Waals surface area (Å²) in [5, 5.41) is 1.03. The number of nitrogens with two attached hydrogens (primary N) is 1. The van der Waals surface area contributed by atoms with Crippen LogP contribution in [-0.2, 0) is 0 Å². The molecule has 2 aromatic rings. The van der Waals surface area contributed by atoms with Crippen LogP contribution in [0.2, 0.25) is 10.0 Å². The fourth-order valence-corrected chi connectivity index (χ4v) is 1.77. The number of hydrogen-bond acceptors (Lipinski definition) is 2. The van der Waals surface area contributed by atoms with E-state index in [2.05, 4.69) is 4.98 Å². The summed E-state index contributed by atoms with van der Waals surface area (Å²) in [5.74, 6) is 0. The summed E-state index contributed by atoms with van der Waals surface area (Å²) >= 11 is 11.8. The van der Waals surface area contributed by atoms with Gasteiger partial charge in [0.15, 0.2) is 0 Å². The molecule has 0 fully saturated rings. The minimum Gasteiger partial charge on any atom is -0.397 e. The molecule has 0 bridgehead atoms. The van der Waals surface area contributed by atoms with Crippen molar-refractivity contribution in [2.24, 2.45) is 0 Å². The summed E-state index contributed by atoms with van der Waals surface area (Å²) in [5.41, 5.74) is 9.16. The molecular weight excluding hydrogens is 243 g/mol. The first-order valence-corrected chi connectivity index (χ1v) is 5.51. The normalized spacial score (nSPS) is 10.4. The van der Waals surface area contributed by atoms with E-state index in [1.165, 1.54) is 0 Å². The zero-order valence-corrected chi connectivity index (χ0v) is 10.2. The Morgan fingerprint density at radius 3 is 2.50 bits per heavy atom. The standard InChI is InChI=1S/C12H10Cl2N2/c1-7-4-11(15)12(16-6-7)8-2-3-9(13)10(14)5-8/h2-6H,15H2,1H3. The molecule has 82 valence electrons. The Balaban J connectivity index is 2.54. The first-order chi connectivity index (χ1) is 7.58. The average Bonchev–Trinajstić information content (AvgIpc) is 2.22. The maximum atomic E-state index is 5.95. The van der Waals surface area contributed by atoms with E-state index in [-0.39, 0.29) is 0 Å². The number of nitrogens with zero attached hydrogens (tertiary/aromatic N) is 1. The number of aromatic nitrogens is 1. The molecule has 2 N–H and O–H groups in total. The van der Waals surface area contributed by atoms with E-state index in [0.29, 0.717) is 15.7 Å². The minimum atomic E-state index is 0.501. The summed E-state index contributed by atoms with van der Waals surface area (Å²) < 4.78 is 0. The van der Waals surface area contributed by atoms with Gasteiger partial charge in [-0.05, 0) is 30.7 Å². The van der Waals surface area contributed by atoms with E-state index >= 15 is 0 Å². The molecule has 2 nitrogen and oxygen atoms in total. The first kappa shape index (κ1) is 11.2. The van der Waals surface area contributed by atoms with E-state index in [1.54, 1.807) is 18.3 Å². The second kappa shape index (κ2) is 4.32. The highest BCUT2D eigenvalue weighted by Gasteiger charge is 2.06. The maximum Gasteiger partial charge on any atom is 0.0931 e. The summed E-state index contributed by atoms with van der Waals surface area (Å²) in [6.45, 7) is 1.95. The van der Waals surface area contributed by atoms with Gasteiger partial charge in [0, 0.05) is 11.8 Å².